The Labute approximate surface area is 73.2 Å². The molecule has 1 aromatic heterocycles. The maximum Gasteiger partial charge on any atom is 0.195 e. The average Bonchev–Trinajstić information content (AvgIpc) is 2.50. The van der Waals surface area contributed by atoms with Crippen LogP contribution in [0.4, 0.5) is 0 Å². The van der Waals surface area contributed by atoms with E-state index in [1.54, 1.807) is 0 Å². The number of nitrogens with zero attached hydrogens (tertiary/aromatic N) is 1. The Morgan fingerprint density at radius 1 is 1.50 bits per heavy atom. The largest absolute Gasteiger partial charge is 0.446 e. The predicted molar refractivity (Wildman–Crippen MR) is 48.1 cm³/mol. The van der Waals surface area contributed by atoms with Crippen molar-refractivity contribution in [3.63, 3.8) is 0 Å². The van der Waals surface area contributed by atoms with Crippen LogP contribution in [0.25, 0.3) is 0 Å². The topological polar surface area (TPSA) is 38.1 Å². The minimum Gasteiger partial charge on any atom is -0.446 e. The van der Waals surface area contributed by atoms with E-state index in [-0.39, 0.29) is 0 Å². The van der Waals surface area contributed by atoms with Crippen LogP contribution < -0.4 is 5.32 Å². The molecule has 3 nitrogen and oxygen atoms in total. The summed E-state index contributed by atoms with van der Waals surface area (Å²) < 4.78 is 5.48. The van der Waals surface area contributed by atoms with E-state index < -0.39 is 0 Å². The lowest BCUT2D eigenvalue weighted by Gasteiger charge is -1.93. The second-order valence-electron chi connectivity index (χ2n) is 2.82. The lowest BCUT2D eigenvalue weighted by molar-refractivity contribution is 0.449. The molecule has 0 amide bonds. The Kier molecular flexibility index (Phi) is 3.80. The molecule has 68 valence electrons. The fourth-order valence-electron chi connectivity index (χ4n) is 1.06. The SMILES string of the molecule is CCCc1cnc(CCNC)o1. The molecule has 0 aliphatic rings. The highest BCUT2D eigenvalue weighted by molar-refractivity contribution is 4.94. The van der Waals surface area contributed by atoms with Crippen molar-refractivity contribution in [2.45, 2.75) is 26.2 Å². The van der Waals surface area contributed by atoms with Gasteiger partial charge in [0.1, 0.15) is 5.76 Å². The monoisotopic (exact) mass is 168 g/mol. The van der Waals surface area contributed by atoms with Crippen LogP contribution in [-0.2, 0) is 12.8 Å². The number of rotatable bonds is 5. The summed E-state index contributed by atoms with van der Waals surface area (Å²) in [5, 5.41) is 3.06. The van der Waals surface area contributed by atoms with Crippen molar-refractivity contribution in [2.24, 2.45) is 0 Å². The fourth-order valence-corrected chi connectivity index (χ4v) is 1.06. The summed E-state index contributed by atoms with van der Waals surface area (Å²) in [6.07, 6.45) is 4.81. The Balaban J connectivity index is 2.41. The number of hydrogen-bond acceptors (Lipinski definition) is 3. The van der Waals surface area contributed by atoms with Crippen LogP contribution in [0.2, 0.25) is 0 Å². The third-order valence-electron chi connectivity index (χ3n) is 1.69. The maximum atomic E-state index is 5.48. The van der Waals surface area contributed by atoms with Gasteiger partial charge in [-0.2, -0.15) is 0 Å². The van der Waals surface area contributed by atoms with Crippen molar-refractivity contribution in [3.05, 3.63) is 17.8 Å². The van der Waals surface area contributed by atoms with Crippen LogP contribution in [-0.4, -0.2) is 18.6 Å². The smallest absolute Gasteiger partial charge is 0.195 e. The molecule has 1 rings (SSSR count). The lowest BCUT2D eigenvalue weighted by atomic mass is 10.3. The standard InChI is InChI=1S/C9H16N2O/c1-3-4-8-7-11-9(12-8)5-6-10-2/h7,10H,3-6H2,1-2H3. The van der Waals surface area contributed by atoms with Gasteiger partial charge in [-0.1, -0.05) is 6.92 Å². The van der Waals surface area contributed by atoms with Gasteiger partial charge in [-0.15, -0.1) is 0 Å². The van der Waals surface area contributed by atoms with Crippen molar-refractivity contribution in [1.82, 2.24) is 10.3 Å². The first-order valence-corrected chi connectivity index (χ1v) is 4.45. The van der Waals surface area contributed by atoms with E-state index in [0.717, 1.165) is 37.5 Å². The van der Waals surface area contributed by atoms with Gasteiger partial charge in [-0.25, -0.2) is 4.98 Å². The molecular formula is C9H16N2O. The summed E-state index contributed by atoms with van der Waals surface area (Å²) in [6, 6.07) is 0. The van der Waals surface area contributed by atoms with E-state index in [2.05, 4.69) is 17.2 Å². The van der Waals surface area contributed by atoms with Crippen LogP contribution in [0.3, 0.4) is 0 Å². The first-order chi connectivity index (χ1) is 5.86. The molecule has 0 saturated carbocycles. The van der Waals surface area contributed by atoms with E-state index in [1.807, 2.05) is 13.2 Å². The zero-order valence-electron chi connectivity index (χ0n) is 7.76. The number of aryl methyl sites for hydroxylation is 1. The van der Waals surface area contributed by atoms with Gasteiger partial charge in [-0.3, -0.25) is 0 Å². The quantitative estimate of drug-likeness (QED) is 0.722. The van der Waals surface area contributed by atoms with E-state index in [9.17, 15) is 0 Å². The Morgan fingerprint density at radius 3 is 3.00 bits per heavy atom. The molecule has 0 bridgehead atoms. The van der Waals surface area contributed by atoms with E-state index in [4.69, 9.17) is 4.42 Å². The van der Waals surface area contributed by atoms with Crippen molar-refractivity contribution in [3.8, 4) is 0 Å². The van der Waals surface area contributed by atoms with Gasteiger partial charge in [0.25, 0.3) is 0 Å². The van der Waals surface area contributed by atoms with Gasteiger partial charge < -0.3 is 9.73 Å². The number of oxazole rings is 1. The average molecular weight is 168 g/mol. The highest BCUT2D eigenvalue weighted by Crippen LogP contribution is 2.05. The van der Waals surface area contributed by atoms with Gasteiger partial charge in [0.15, 0.2) is 5.89 Å². The Morgan fingerprint density at radius 2 is 2.33 bits per heavy atom. The van der Waals surface area contributed by atoms with Crippen LogP contribution in [0.15, 0.2) is 10.6 Å². The second-order valence-corrected chi connectivity index (χ2v) is 2.82. The summed E-state index contributed by atoms with van der Waals surface area (Å²) in [5.41, 5.74) is 0. The van der Waals surface area contributed by atoms with E-state index in [1.165, 1.54) is 0 Å². The number of aromatic nitrogens is 1. The molecule has 1 heterocycles. The molecule has 0 spiro atoms. The fraction of sp³-hybridized carbons (Fsp3) is 0.667. The minimum atomic E-state index is 0.841. The summed E-state index contributed by atoms with van der Waals surface area (Å²) in [7, 11) is 1.93. The summed E-state index contributed by atoms with van der Waals surface area (Å²) >= 11 is 0. The molecular weight excluding hydrogens is 152 g/mol. The second kappa shape index (κ2) is 4.93. The van der Waals surface area contributed by atoms with Gasteiger partial charge in [0, 0.05) is 19.4 Å². The molecule has 0 aromatic carbocycles. The molecule has 0 unspecified atom stereocenters. The summed E-state index contributed by atoms with van der Waals surface area (Å²) in [4.78, 5) is 4.17. The normalized spacial score (nSPS) is 10.5. The molecule has 12 heavy (non-hydrogen) atoms. The Bertz CT molecular complexity index is 220. The van der Waals surface area contributed by atoms with Gasteiger partial charge >= 0.3 is 0 Å². The van der Waals surface area contributed by atoms with Crippen molar-refractivity contribution < 1.29 is 4.42 Å². The van der Waals surface area contributed by atoms with Gasteiger partial charge in [-0.05, 0) is 13.5 Å². The molecule has 3 heteroatoms. The Hall–Kier alpha value is -0.830. The number of nitrogens with one attached hydrogen (secondary N) is 1. The minimum absolute atomic E-state index is 0.841. The first-order valence-electron chi connectivity index (χ1n) is 4.45. The molecule has 0 aliphatic heterocycles. The number of likely N-dealkylation sites (N-methyl/N-ethyl adjacent to an activating group) is 1. The molecule has 0 fully saturated rings. The zero-order valence-corrected chi connectivity index (χ0v) is 7.76. The third-order valence-corrected chi connectivity index (χ3v) is 1.69. The zero-order chi connectivity index (χ0) is 8.81. The van der Waals surface area contributed by atoms with Crippen LogP contribution in [0, 0.1) is 0 Å². The summed E-state index contributed by atoms with van der Waals surface area (Å²) in [6.45, 7) is 3.06. The molecule has 1 aromatic rings. The van der Waals surface area contributed by atoms with E-state index in [0.29, 0.717) is 0 Å². The van der Waals surface area contributed by atoms with E-state index >= 15 is 0 Å². The van der Waals surface area contributed by atoms with Crippen molar-refractivity contribution in [2.75, 3.05) is 13.6 Å². The molecule has 0 radical (unpaired) electrons. The molecule has 0 saturated heterocycles. The van der Waals surface area contributed by atoms with Crippen molar-refractivity contribution >= 4 is 0 Å². The highest BCUT2D eigenvalue weighted by Gasteiger charge is 2.01. The molecule has 0 atom stereocenters. The molecule has 0 aliphatic carbocycles. The van der Waals surface area contributed by atoms with Crippen LogP contribution in [0.5, 0.6) is 0 Å². The summed E-state index contributed by atoms with van der Waals surface area (Å²) in [5.74, 6) is 1.84. The highest BCUT2D eigenvalue weighted by atomic mass is 16.4. The number of hydrogen-bond donors (Lipinski definition) is 1. The van der Waals surface area contributed by atoms with Crippen molar-refractivity contribution in [1.29, 1.82) is 0 Å². The first kappa shape index (κ1) is 9.26. The maximum absolute atomic E-state index is 5.48. The molecule has 1 N–H and O–H groups in total. The van der Waals surface area contributed by atoms with Gasteiger partial charge in [0.2, 0.25) is 0 Å². The lowest BCUT2D eigenvalue weighted by Crippen LogP contribution is -2.10. The van der Waals surface area contributed by atoms with Gasteiger partial charge in [0.05, 0.1) is 6.20 Å². The predicted octanol–water partition coefficient (Wildman–Crippen LogP) is 1.39. The third kappa shape index (κ3) is 2.66. The van der Waals surface area contributed by atoms with Crippen LogP contribution in [0.1, 0.15) is 25.0 Å². The van der Waals surface area contributed by atoms with Crippen LogP contribution >= 0.6 is 0 Å².